The quantitative estimate of drug-likeness (QED) is 0.642. The van der Waals surface area contributed by atoms with E-state index in [0.717, 1.165) is 18.8 Å². The molecule has 2 aliphatic carbocycles. The number of fused-ring (bicyclic) bond motifs is 1. The van der Waals surface area contributed by atoms with Crippen LogP contribution in [0.5, 0.6) is 0 Å². The van der Waals surface area contributed by atoms with Gasteiger partial charge in [0.2, 0.25) is 0 Å². The van der Waals surface area contributed by atoms with Crippen molar-refractivity contribution in [3.05, 3.63) is 12.2 Å². The minimum atomic E-state index is 0.326. The molecule has 0 aliphatic heterocycles. The maximum atomic E-state index is 11.4. The summed E-state index contributed by atoms with van der Waals surface area (Å²) in [6.45, 7) is 13.5. The van der Waals surface area contributed by atoms with Crippen LogP contribution in [0, 0.1) is 22.7 Å². The van der Waals surface area contributed by atoms with Crippen LogP contribution in [0.15, 0.2) is 12.2 Å². The topological polar surface area (TPSA) is 17.1 Å². The molecule has 2 aliphatic rings. The molecule has 0 unspecified atom stereocenters. The van der Waals surface area contributed by atoms with Crippen LogP contribution in [0.4, 0.5) is 0 Å². The molecule has 0 aromatic heterocycles. The van der Waals surface area contributed by atoms with Gasteiger partial charge in [0, 0.05) is 6.42 Å². The molecule has 108 valence electrons. The molecule has 4 atom stereocenters. The summed E-state index contributed by atoms with van der Waals surface area (Å²) in [5.74, 6) is 1.68. The Hall–Kier alpha value is -0.590. The highest BCUT2D eigenvalue weighted by Gasteiger charge is 2.55. The van der Waals surface area contributed by atoms with Crippen molar-refractivity contribution in [1.29, 1.82) is 0 Å². The van der Waals surface area contributed by atoms with Gasteiger partial charge in [0.15, 0.2) is 0 Å². The minimum Gasteiger partial charge on any atom is -0.300 e. The number of ketones is 1. The molecule has 0 heterocycles. The molecule has 0 N–H and O–H groups in total. The molecule has 0 bridgehead atoms. The van der Waals surface area contributed by atoms with Crippen molar-refractivity contribution in [2.24, 2.45) is 22.7 Å². The molecule has 0 aromatic carbocycles. The Labute approximate surface area is 118 Å². The fourth-order valence-corrected chi connectivity index (χ4v) is 4.96. The molecule has 0 aromatic rings. The van der Waals surface area contributed by atoms with Crippen molar-refractivity contribution in [1.82, 2.24) is 0 Å². The van der Waals surface area contributed by atoms with Gasteiger partial charge in [0.05, 0.1) is 0 Å². The third kappa shape index (κ3) is 2.30. The van der Waals surface area contributed by atoms with E-state index < -0.39 is 0 Å². The first-order chi connectivity index (χ1) is 8.81. The van der Waals surface area contributed by atoms with Gasteiger partial charge in [-0.05, 0) is 55.3 Å². The Morgan fingerprint density at radius 3 is 2.63 bits per heavy atom. The summed E-state index contributed by atoms with van der Waals surface area (Å²) in [5.41, 5.74) is 2.21. The van der Waals surface area contributed by atoms with Crippen LogP contribution >= 0.6 is 0 Å². The van der Waals surface area contributed by atoms with Crippen molar-refractivity contribution in [2.75, 3.05) is 0 Å². The van der Waals surface area contributed by atoms with Gasteiger partial charge >= 0.3 is 0 Å². The first-order valence-electron chi connectivity index (χ1n) is 7.98. The van der Waals surface area contributed by atoms with E-state index >= 15 is 0 Å². The predicted molar refractivity (Wildman–Crippen MR) is 81.0 cm³/mol. The fourth-order valence-electron chi connectivity index (χ4n) is 4.96. The fraction of sp³-hybridized carbons (Fsp3) is 0.833. The summed E-state index contributed by atoms with van der Waals surface area (Å²) in [5, 5.41) is 0. The number of Topliss-reactive ketones (excluding diaryl/α,β-unsaturated/α-hetero) is 1. The molecule has 2 fully saturated rings. The van der Waals surface area contributed by atoms with Gasteiger partial charge in [-0.3, -0.25) is 0 Å². The first kappa shape index (κ1) is 14.8. The second kappa shape index (κ2) is 5.07. The lowest BCUT2D eigenvalue weighted by atomic mass is 9.43. The van der Waals surface area contributed by atoms with E-state index in [1.165, 1.54) is 37.7 Å². The third-order valence-electron chi connectivity index (χ3n) is 6.74. The molecule has 19 heavy (non-hydrogen) atoms. The Bertz CT molecular complexity index is 383. The average molecular weight is 262 g/mol. The molecular weight excluding hydrogens is 232 g/mol. The zero-order chi connectivity index (χ0) is 14.3. The van der Waals surface area contributed by atoms with Gasteiger partial charge in [-0.25, -0.2) is 0 Å². The Kier molecular flexibility index (Phi) is 3.95. The van der Waals surface area contributed by atoms with E-state index in [1.807, 2.05) is 0 Å². The summed E-state index contributed by atoms with van der Waals surface area (Å²) in [4.78, 5) is 11.4. The normalized spacial score (nSPS) is 42.8. The molecule has 0 radical (unpaired) electrons. The number of hydrogen-bond acceptors (Lipinski definition) is 1. The molecule has 1 heteroatoms. The van der Waals surface area contributed by atoms with Gasteiger partial charge in [0.1, 0.15) is 5.78 Å². The van der Waals surface area contributed by atoms with Crippen molar-refractivity contribution in [3.63, 3.8) is 0 Å². The van der Waals surface area contributed by atoms with Gasteiger partial charge in [-0.15, -0.1) is 0 Å². The maximum absolute atomic E-state index is 11.4. The zero-order valence-electron chi connectivity index (χ0n) is 13.2. The van der Waals surface area contributed by atoms with Gasteiger partial charge in [0.25, 0.3) is 0 Å². The largest absolute Gasteiger partial charge is 0.300 e. The van der Waals surface area contributed by atoms with Crippen molar-refractivity contribution < 1.29 is 4.79 Å². The van der Waals surface area contributed by atoms with Crippen LogP contribution in [0.1, 0.15) is 72.6 Å². The van der Waals surface area contributed by atoms with Gasteiger partial charge in [-0.1, -0.05) is 45.8 Å². The third-order valence-corrected chi connectivity index (χ3v) is 6.74. The lowest BCUT2D eigenvalue weighted by Crippen LogP contribution is -2.53. The van der Waals surface area contributed by atoms with E-state index in [2.05, 4.69) is 27.4 Å². The van der Waals surface area contributed by atoms with Crippen LogP contribution in [0.25, 0.3) is 0 Å². The Balaban J connectivity index is 2.29. The second-order valence-corrected chi connectivity index (χ2v) is 7.58. The van der Waals surface area contributed by atoms with E-state index in [1.54, 1.807) is 6.92 Å². The lowest BCUT2D eigenvalue weighted by molar-refractivity contribution is -0.119. The smallest absolute Gasteiger partial charge is 0.129 e. The van der Waals surface area contributed by atoms with Crippen LogP contribution < -0.4 is 0 Å². The Morgan fingerprint density at radius 1 is 1.32 bits per heavy atom. The minimum absolute atomic E-state index is 0.326. The summed E-state index contributed by atoms with van der Waals surface area (Å²) in [6, 6.07) is 0. The number of rotatable bonds is 3. The highest BCUT2D eigenvalue weighted by atomic mass is 16.1. The number of carbonyl (C=O) groups excluding carboxylic acids is 1. The van der Waals surface area contributed by atoms with Crippen LogP contribution in [-0.2, 0) is 4.79 Å². The van der Waals surface area contributed by atoms with Gasteiger partial charge in [-0.2, -0.15) is 0 Å². The molecule has 2 rings (SSSR count). The highest BCUT2D eigenvalue weighted by Crippen LogP contribution is 2.64. The monoisotopic (exact) mass is 262 g/mol. The lowest BCUT2D eigenvalue weighted by Gasteiger charge is -2.61. The highest BCUT2D eigenvalue weighted by molar-refractivity contribution is 5.75. The van der Waals surface area contributed by atoms with E-state index in [4.69, 9.17) is 0 Å². The van der Waals surface area contributed by atoms with E-state index in [0.29, 0.717) is 22.5 Å². The molecule has 0 saturated heterocycles. The SMILES string of the molecule is C=C1CC[C@@]2(C)[C@H](C)CCC[C@@]2(C)[C@@H]1CCC(C)=O. The number of hydrogen-bond donors (Lipinski definition) is 0. The average Bonchev–Trinajstić information content (AvgIpc) is 2.32. The van der Waals surface area contributed by atoms with Crippen LogP contribution in [0.2, 0.25) is 0 Å². The van der Waals surface area contributed by atoms with Crippen molar-refractivity contribution >= 4 is 5.78 Å². The van der Waals surface area contributed by atoms with Crippen molar-refractivity contribution in [2.45, 2.75) is 72.6 Å². The van der Waals surface area contributed by atoms with E-state index in [-0.39, 0.29) is 0 Å². The summed E-state index contributed by atoms with van der Waals surface area (Å²) in [7, 11) is 0. The summed E-state index contributed by atoms with van der Waals surface area (Å²) in [6.07, 6.45) is 8.24. The molecule has 1 nitrogen and oxygen atoms in total. The van der Waals surface area contributed by atoms with Crippen molar-refractivity contribution in [3.8, 4) is 0 Å². The summed E-state index contributed by atoms with van der Waals surface area (Å²) < 4.78 is 0. The maximum Gasteiger partial charge on any atom is 0.129 e. The molecule has 0 spiro atoms. The molecule has 0 amide bonds. The van der Waals surface area contributed by atoms with Gasteiger partial charge < -0.3 is 4.79 Å². The summed E-state index contributed by atoms with van der Waals surface area (Å²) >= 11 is 0. The Morgan fingerprint density at radius 2 is 2.00 bits per heavy atom. The predicted octanol–water partition coefficient (Wildman–Crippen LogP) is 5.15. The number of carbonyl (C=O) groups is 1. The zero-order valence-corrected chi connectivity index (χ0v) is 13.2. The second-order valence-electron chi connectivity index (χ2n) is 7.58. The number of allylic oxidation sites excluding steroid dienone is 1. The standard InChI is InChI=1S/C18H30O/c1-13-10-12-17(4)14(2)7-6-11-18(17,5)16(13)9-8-15(3)19/h14,16H,1,6-12H2,2-5H3/t14-,16-,17+,18+/m1/s1. The first-order valence-corrected chi connectivity index (χ1v) is 7.98. The molecular formula is C18H30O. The van der Waals surface area contributed by atoms with Crippen LogP contribution in [-0.4, -0.2) is 5.78 Å². The van der Waals surface area contributed by atoms with Crippen LogP contribution in [0.3, 0.4) is 0 Å². The molecule has 2 saturated carbocycles. The van der Waals surface area contributed by atoms with E-state index in [9.17, 15) is 4.79 Å².